The van der Waals surface area contributed by atoms with E-state index in [4.69, 9.17) is 11.6 Å². The lowest BCUT2D eigenvalue weighted by Crippen LogP contribution is -2.00. The fraction of sp³-hybridized carbons (Fsp3) is 0.286. The van der Waals surface area contributed by atoms with E-state index in [1.165, 1.54) is 0 Å². The van der Waals surface area contributed by atoms with Crippen LogP contribution in [0.15, 0.2) is 24.4 Å². The van der Waals surface area contributed by atoms with E-state index in [2.05, 4.69) is 18.9 Å². The lowest BCUT2D eigenvalue weighted by Gasteiger charge is -2.03. The van der Waals surface area contributed by atoms with Crippen molar-refractivity contribution in [1.82, 2.24) is 9.78 Å². The molecule has 0 bridgehead atoms. The number of carbonyl (C=O) groups is 1. The first-order valence-electron chi connectivity index (χ1n) is 5.83. The van der Waals surface area contributed by atoms with Crippen LogP contribution in [0.5, 0.6) is 0 Å². The maximum Gasteiger partial charge on any atom is 0.151 e. The predicted molar refractivity (Wildman–Crippen MR) is 73.2 cm³/mol. The number of benzene rings is 1. The van der Waals surface area contributed by atoms with Gasteiger partial charge in [-0.25, -0.2) is 0 Å². The van der Waals surface area contributed by atoms with Crippen molar-refractivity contribution in [3.63, 3.8) is 0 Å². The minimum atomic E-state index is 0.315. The van der Waals surface area contributed by atoms with Crippen LogP contribution in [0, 0.1) is 6.92 Å². The van der Waals surface area contributed by atoms with Gasteiger partial charge in [-0.2, -0.15) is 5.10 Å². The minimum Gasteiger partial charge on any atom is -0.298 e. The lowest BCUT2D eigenvalue weighted by atomic mass is 10.0. The first-order chi connectivity index (χ1) is 8.52. The zero-order valence-corrected chi connectivity index (χ0v) is 11.4. The number of aromatic nitrogens is 2. The van der Waals surface area contributed by atoms with Crippen LogP contribution in [-0.2, 0) is 0 Å². The second kappa shape index (κ2) is 4.94. The molecule has 3 nitrogen and oxygen atoms in total. The van der Waals surface area contributed by atoms with E-state index in [1.54, 1.807) is 12.1 Å². The average Bonchev–Trinajstić information content (AvgIpc) is 2.72. The number of halogens is 1. The molecule has 1 heterocycles. The number of aryl methyl sites for hydroxylation is 1. The van der Waals surface area contributed by atoms with E-state index < -0.39 is 0 Å². The fourth-order valence-electron chi connectivity index (χ4n) is 1.83. The third kappa shape index (κ3) is 2.31. The molecule has 1 aromatic heterocycles. The molecule has 0 saturated carbocycles. The molecule has 0 fully saturated rings. The summed E-state index contributed by atoms with van der Waals surface area (Å²) in [7, 11) is 0. The van der Waals surface area contributed by atoms with Crippen molar-refractivity contribution in [3.8, 4) is 11.1 Å². The molecule has 0 saturated heterocycles. The number of nitrogens with zero attached hydrogens (tertiary/aromatic N) is 2. The zero-order valence-electron chi connectivity index (χ0n) is 10.6. The standard InChI is InChI=1S/C14H15ClN2O/c1-9(2)17-7-13(10(3)16-17)11-4-5-14(15)12(6-11)8-18/h4-9H,1-3H3. The summed E-state index contributed by atoms with van der Waals surface area (Å²) in [5, 5.41) is 4.93. The summed E-state index contributed by atoms with van der Waals surface area (Å²) < 4.78 is 1.92. The summed E-state index contributed by atoms with van der Waals surface area (Å²) >= 11 is 5.93. The summed E-state index contributed by atoms with van der Waals surface area (Å²) in [6.45, 7) is 6.12. The minimum absolute atomic E-state index is 0.315. The van der Waals surface area contributed by atoms with Gasteiger partial charge in [-0.3, -0.25) is 9.48 Å². The quantitative estimate of drug-likeness (QED) is 0.786. The van der Waals surface area contributed by atoms with Gasteiger partial charge in [0.2, 0.25) is 0 Å². The molecule has 0 aliphatic rings. The SMILES string of the molecule is Cc1nn(C(C)C)cc1-c1ccc(Cl)c(C=O)c1. The van der Waals surface area contributed by atoms with Crippen molar-refractivity contribution in [2.75, 3.05) is 0 Å². The van der Waals surface area contributed by atoms with Gasteiger partial charge in [-0.1, -0.05) is 17.7 Å². The first-order valence-corrected chi connectivity index (χ1v) is 6.21. The van der Waals surface area contributed by atoms with Crippen molar-refractivity contribution in [1.29, 1.82) is 0 Å². The fourth-order valence-corrected chi connectivity index (χ4v) is 1.99. The Balaban J connectivity index is 2.51. The number of carbonyl (C=O) groups excluding carboxylic acids is 1. The van der Waals surface area contributed by atoms with Crippen molar-refractivity contribution in [3.05, 3.63) is 40.7 Å². The Bertz CT molecular complexity index is 587. The Morgan fingerprint density at radius 2 is 2.11 bits per heavy atom. The normalized spacial score (nSPS) is 10.9. The van der Waals surface area contributed by atoms with Crippen LogP contribution < -0.4 is 0 Å². The summed E-state index contributed by atoms with van der Waals surface area (Å²) in [5.41, 5.74) is 3.45. The molecule has 2 rings (SSSR count). The van der Waals surface area contributed by atoms with Gasteiger partial charge in [-0.15, -0.1) is 0 Å². The summed E-state index contributed by atoms with van der Waals surface area (Å²) in [6, 6.07) is 5.76. The third-order valence-corrected chi connectivity index (χ3v) is 3.22. The Morgan fingerprint density at radius 1 is 1.39 bits per heavy atom. The molecule has 2 aromatic rings. The van der Waals surface area contributed by atoms with Gasteiger partial charge in [0, 0.05) is 23.4 Å². The van der Waals surface area contributed by atoms with Gasteiger partial charge >= 0.3 is 0 Å². The molecule has 0 aliphatic heterocycles. The maximum atomic E-state index is 10.9. The van der Waals surface area contributed by atoms with Crippen molar-refractivity contribution in [2.45, 2.75) is 26.8 Å². The molecule has 0 amide bonds. The Hall–Kier alpha value is -1.61. The molecule has 4 heteroatoms. The van der Waals surface area contributed by atoms with Crippen molar-refractivity contribution < 1.29 is 4.79 Å². The van der Waals surface area contributed by atoms with Crippen LogP contribution in [0.3, 0.4) is 0 Å². The molecule has 0 unspecified atom stereocenters. The molecular weight excluding hydrogens is 248 g/mol. The molecule has 0 N–H and O–H groups in total. The van der Waals surface area contributed by atoms with E-state index in [1.807, 2.05) is 23.9 Å². The topological polar surface area (TPSA) is 34.9 Å². The molecule has 0 atom stereocenters. The second-order valence-corrected chi connectivity index (χ2v) is 4.96. The Labute approximate surface area is 111 Å². The highest BCUT2D eigenvalue weighted by molar-refractivity contribution is 6.33. The molecule has 94 valence electrons. The van der Waals surface area contributed by atoms with Crippen LogP contribution >= 0.6 is 11.6 Å². The predicted octanol–water partition coefficient (Wildman–Crippen LogP) is 3.91. The molecule has 0 radical (unpaired) electrons. The van der Waals surface area contributed by atoms with Crippen LogP contribution in [0.4, 0.5) is 0 Å². The number of hydrogen-bond donors (Lipinski definition) is 0. The molecule has 18 heavy (non-hydrogen) atoms. The van der Waals surface area contributed by atoms with E-state index in [9.17, 15) is 4.79 Å². The zero-order chi connectivity index (χ0) is 13.3. The average molecular weight is 263 g/mol. The van der Waals surface area contributed by atoms with Gasteiger partial charge in [0.05, 0.1) is 10.7 Å². The Morgan fingerprint density at radius 3 is 2.67 bits per heavy atom. The largest absolute Gasteiger partial charge is 0.298 e. The number of aldehydes is 1. The van der Waals surface area contributed by atoms with Crippen LogP contribution in [0.25, 0.3) is 11.1 Å². The highest BCUT2D eigenvalue weighted by Crippen LogP contribution is 2.27. The second-order valence-electron chi connectivity index (χ2n) is 4.56. The van der Waals surface area contributed by atoms with Gasteiger partial charge < -0.3 is 0 Å². The summed E-state index contributed by atoms with van der Waals surface area (Å²) in [6.07, 6.45) is 2.77. The highest BCUT2D eigenvalue weighted by Gasteiger charge is 2.10. The van der Waals surface area contributed by atoms with Gasteiger partial charge in [0.25, 0.3) is 0 Å². The first kappa shape index (κ1) is 12.8. The summed E-state index contributed by atoms with van der Waals surface area (Å²) in [5.74, 6) is 0. The lowest BCUT2D eigenvalue weighted by molar-refractivity contribution is 0.112. The molecular formula is C14H15ClN2O. The molecule has 0 aliphatic carbocycles. The van der Waals surface area contributed by atoms with E-state index in [-0.39, 0.29) is 0 Å². The van der Waals surface area contributed by atoms with Crippen LogP contribution in [0.2, 0.25) is 5.02 Å². The van der Waals surface area contributed by atoms with Crippen LogP contribution in [-0.4, -0.2) is 16.1 Å². The van der Waals surface area contributed by atoms with Gasteiger partial charge in [0.1, 0.15) is 0 Å². The number of hydrogen-bond acceptors (Lipinski definition) is 2. The number of rotatable bonds is 3. The third-order valence-electron chi connectivity index (χ3n) is 2.88. The van der Waals surface area contributed by atoms with E-state index in [0.717, 1.165) is 23.1 Å². The van der Waals surface area contributed by atoms with Crippen LogP contribution in [0.1, 0.15) is 35.9 Å². The van der Waals surface area contributed by atoms with Crippen molar-refractivity contribution >= 4 is 17.9 Å². The highest BCUT2D eigenvalue weighted by atomic mass is 35.5. The molecule has 1 aromatic carbocycles. The smallest absolute Gasteiger partial charge is 0.151 e. The monoisotopic (exact) mass is 262 g/mol. The van der Waals surface area contributed by atoms with Gasteiger partial charge in [-0.05, 0) is 38.5 Å². The molecule has 0 spiro atoms. The van der Waals surface area contributed by atoms with E-state index in [0.29, 0.717) is 16.6 Å². The van der Waals surface area contributed by atoms with Gasteiger partial charge in [0.15, 0.2) is 6.29 Å². The maximum absolute atomic E-state index is 10.9. The summed E-state index contributed by atoms with van der Waals surface area (Å²) in [4.78, 5) is 10.9. The van der Waals surface area contributed by atoms with Crippen molar-refractivity contribution in [2.24, 2.45) is 0 Å². The Kier molecular flexibility index (Phi) is 3.53. The van der Waals surface area contributed by atoms with E-state index >= 15 is 0 Å².